The number of ether oxygens (including phenoxy) is 1. The van der Waals surface area contributed by atoms with Gasteiger partial charge in [0.25, 0.3) is 5.56 Å². The molecule has 1 aliphatic rings. The summed E-state index contributed by atoms with van der Waals surface area (Å²) >= 11 is 0. The van der Waals surface area contributed by atoms with Crippen molar-refractivity contribution in [2.75, 3.05) is 6.61 Å². The van der Waals surface area contributed by atoms with E-state index in [1.165, 1.54) is 13.1 Å². The summed E-state index contributed by atoms with van der Waals surface area (Å²) in [7, 11) is -16.7. The van der Waals surface area contributed by atoms with Crippen molar-refractivity contribution in [3.63, 3.8) is 0 Å². The van der Waals surface area contributed by atoms with Gasteiger partial charge in [-0.2, -0.15) is 8.62 Å². The Morgan fingerprint density at radius 2 is 1.79 bits per heavy atom. The lowest BCUT2D eigenvalue weighted by Crippen LogP contribution is -2.45. The Morgan fingerprint density at radius 1 is 1.18 bits per heavy atom. The number of rotatable bonds is 10. The van der Waals surface area contributed by atoms with Crippen molar-refractivity contribution in [1.29, 1.82) is 0 Å². The van der Waals surface area contributed by atoms with Crippen LogP contribution in [0.3, 0.4) is 0 Å². The fraction of sp³-hybridized carbons (Fsp3) is 0.714. The van der Waals surface area contributed by atoms with Crippen LogP contribution in [0.25, 0.3) is 0 Å². The number of nitrogens with one attached hydrogen (secondary N) is 1. The van der Waals surface area contributed by atoms with Gasteiger partial charge in [0.15, 0.2) is 0 Å². The second-order valence-corrected chi connectivity index (χ2v) is 12.2. The molecular formula is C14H25N2O14P3. The fourth-order valence-corrected chi connectivity index (χ4v) is 6.41. The van der Waals surface area contributed by atoms with Gasteiger partial charge >= 0.3 is 29.2 Å². The van der Waals surface area contributed by atoms with Crippen LogP contribution < -0.4 is 11.2 Å². The summed E-state index contributed by atoms with van der Waals surface area (Å²) in [6.07, 6.45) is -1.41. The minimum absolute atomic E-state index is 0.0253. The van der Waals surface area contributed by atoms with Crippen LogP contribution in [0.2, 0.25) is 0 Å². The molecular weight excluding hydrogens is 513 g/mol. The molecule has 0 saturated carbocycles. The quantitative estimate of drug-likeness (QED) is 0.219. The molecule has 2 unspecified atom stereocenters. The van der Waals surface area contributed by atoms with Crippen molar-refractivity contribution in [2.24, 2.45) is 5.92 Å². The fourth-order valence-electron chi connectivity index (χ4n) is 3.33. The number of hydrogen-bond donors (Lipinski definition) is 6. The summed E-state index contributed by atoms with van der Waals surface area (Å²) in [4.78, 5) is 62.1. The van der Waals surface area contributed by atoms with Crippen molar-refractivity contribution < 1.29 is 56.3 Å². The molecule has 6 N–H and O–H groups in total. The molecule has 0 aromatic carbocycles. The first-order valence-electron chi connectivity index (χ1n) is 9.31. The van der Waals surface area contributed by atoms with Gasteiger partial charge in [0.2, 0.25) is 0 Å². The highest BCUT2D eigenvalue weighted by Gasteiger charge is 2.51. The first kappa shape index (κ1) is 28.2. The number of nitrogens with zero attached hydrogens (tertiary/aromatic N) is 1. The summed E-state index contributed by atoms with van der Waals surface area (Å²) in [6, 6.07) is 0. The van der Waals surface area contributed by atoms with Crippen LogP contribution >= 0.6 is 23.5 Å². The van der Waals surface area contributed by atoms with Crippen LogP contribution in [-0.4, -0.2) is 52.5 Å². The van der Waals surface area contributed by atoms with Crippen LogP contribution in [0.15, 0.2) is 15.8 Å². The van der Waals surface area contributed by atoms with E-state index in [2.05, 4.69) is 18.1 Å². The number of hydrogen-bond acceptors (Lipinski definition) is 10. The molecule has 190 valence electrons. The Balaban J connectivity index is 2.27. The Labute approximate surface area is 186 Å². The molecule has 0 radical (unpaired) electrons. The molecule has 0 amide bonds. The van der Waals surface area contributed by atoms with E-state index in [0.29, 0.717) is 0 Å². The normalized spacial score (nSPS) is 27.4. The lowest BCUT2D eigenvalue weighted by Gasteiger charge is -2.34. The molecule has 2 rings (SSSR count). The first-order valence-corrected chi connectivity index (χ1v) is 13.8. The standard InChI is InChI=1S/C14H25N2O14P3/c1-8(2)5-14(7-27-32(23,24)30-33(25,26)29-31(20,21)22)10(17)4-11(28-14)16-6-9(3)12(18)15-13(16)19/h6,8,10-11,17H,4-5,7H2,1-3H3,(H,23,24)(H,25,26)(H,15,18,19)(H2,20,21,22)/t10-,11+,14+/m0/s1. The number of phosphoric ester groups is 1. The van der Waals surface area contributed by atoms with E-state index < -0.39 is 59.3 Å². The van der Waals surface area contributed by atoms with E-state index >= 15 is 0 Å². The third-order valence-electron chi connectivity index (χ3n) is 4.50. The van der Waals surface area contributed by atoms with Crippen LogP contribution in [0.1, 0.15) is 38.5 Å². The predicted molar refractivity (Wildman–Crippen MR) is 109 cm³/mol. The van der Waals surface area contributed by atoms with Gasteiger partial charge in [-0.1, -0.05) is 13.8 Å². The predicted octanol–water partition coefficient (Wildman–Crippen LogP) is 0.253. The topological polar surface area (TPSA) is 244 Å². The zero-order valence-electron chi connectivity index (χ0n) is 17.6. The van der Waals surface area contributed by atoms with E-state index in [-0.39, 0.29) is 24.3 Å². The Hall–Kier alpha value is -0.990. The van der Waals surface area contributed by atoms with E-state index in [1.54, 1.807) is 13.8 Å². The lowest BCUT2D eigenvalue weighted by molar-refractivity contribution is -0.135. The Morgan fingerprint density at radius 3 is 2.33 bits per heavy atom. The van der Waals surface area contributed by atoms with Gasteiger partial charge < -0.3 is 29.4 Å². The molecule has 1 aromatic heterocycles. The van der Waals surface area contributed by atoms with Gasteiger partial charge in [0.1, 0.15) is 11.8 Å². The number of aryl methyl sites for hydroxylation is 1. The second kappa shape index (κ2) is 9.94. The van der Waals surface area contributed by atoms with E-state index in [9.17, 15) is 38.2 Å². The molecule has 1 fully saturated rings. The molecule has 0 spiro atoms. The summed E-state index contributed by atoms with van der Waals surface area (Å²) in [5, 5.41) is 10.7. The molecule has 1 aromatic rings. The molecule has 0 aliphatic carbocycles. The molecule has 2 heterocycles. The number of H-pyrrole nitrogens is 1. The zero-order chi connectivity index (χ0) is 25.4. The highest BCUT2D eigenvalue weighted by atomic mass is 31.3. The number of aromatic amines is 1. The molecule has 16 nitrogen and oxygen atoms in total. The van der Waals surface area contributed by atoms with Crippen LogP contribution in [0, 0.1) is 12.8 Å². The Bertz CT molecular complexity index is 1120. The van der Waals surface area contributed by atoms with E-state index in [0.717, 1.165) is 4.57 Å². The van der Waals surface area contributed by atoms with Gasteiger partial charge in [-0.05, 0) is 19.3 Å². The average Bonchev–Trinajstić information content (AvgIpc) is 2.89. The monoisotopic (exact) mass is 538 g/mol. The smallest absolute Gasteiger partial charge is 0.390 e. The third kappa shape index (κ3) is 7.76. The number of phosphoric acid groups is 3. The minimum atomic E-state index is -5.72. The molecule has 19 heteroatoms. The van der Waals surface area contributed by atoms with E-state index in [4.69, 9.17) is 14.5 Å². The van der Waals surface area contributed by atoms with Gasteiger partial charge in [-0.15, -0.1) is 0 Å². The highest BCUT2D eigenvalue weighted by molar-refractivity contribution is 7.66. The van der Waals surface area contributed by atoms with Crippen LogP contribution in [0.4, 0.5) is 0 Å². The molecule has 33 heavy (non-hydrogen) atoms. The zero-order valence-corrected chi connectivity index (χ0v) is 20.3. The number of aliphatic hydroxyl groups excluding tert-OH is 1. The van der Waals surface area contributed by atoms with Gasteiger partial charge in [0.05, 0.1) is 12.7 Å². The second-order valence-electron chi connectivity index (χ2n) is 7.83. The van der Waals surface area contributed by atoms with Gasteiger partial charge in [-0.3, -0.25) is 18.9 Å². The molecule has 5 atom stereocenters. The van der Waals surface area contributed by atoms with Crippen LogP contribution in [-0.2, 0) is 31.6 Å². The van der Waals surface area contributed by atoms with Crippen molar-refractivity contribution in [3.8, 4) is 0 Å². The first-order chi connectivity index (χ1) is 14.8. The van der Waals surface area contributed by atoms with Crippen molar-refractivity contribution >= 4 is 23.5 Å². The highest BCUT2D eigenvalue weighted by Crippen LogP contribution is 2.66. The molecule has 0 bridgehead atoms. The maximum absolute atomic E-state index is 12.2. The van der Waals surface area contributed by atoms with Gasteiger partial charge in [-0.25, -0.2) is 18.5 Å². The molecule has 1 saturated heterocycles. The minimum Gasteiger partial charge on any atom is -0.390 e. The summed E-state index contributed by atoms with van der Waals surface area (Å²) < 4.78 is 53.2. The summed E-state index contributed by atoms with van der Waals surface area (Å²) in [5.41, 5.74) is -2.96. The van der Waals surface area contributed by atoms with Gasteiger partial charge in [0, 0.05) is 18.2 Å². The Kier molecular flexibility index (Phi) is 8.51. The van der Waals surface area contributed by atoms with Crippen molar-refractivity contribution in [1.82, 2.24) is 9.55 Å². The number of aromatic nitrogens is 2. The summed E-state index contributed by atoms with van der Waals surface area (Å²) in [6.45, 7) is 4.01. The van der Waals surface area contributed by atoms with Crippen LogP contribution in [0.5, 0.6) is 0 Å². The number of aliphatic hydroxyl groups is 1. The van der Waals surface area contributed by atoms with Crippen molar-refractivity contribution in [3.05, 3.63) is 32.6 Å². The maximum atomic E-state index is 12.2. The van der Waals surface area contributed by atoms with Crippen molar-refractivity contribution in [2.45, 2.75) is 51.5 Å². The average molecular weight is 538 g/mol. The summed E-state index contributed by atoms with van der Waals surface area (Å²) in [5.74, 6) is -0.183. The van der Waals surface area contributed by atoms with E-state index in [1.807, 2.05) is 0 Å². The molecule has 1 aliphatic heterocycles. The lowest BCUT2D eigenvalue weighted by atomic mass is 9.88. The third-order valence-corrected chi connectivity index (χ3v) is 8.28. The SMILES string of the molecule is Cc1cn([C@H]2C[C@H](O)[C@](COP(=O)(O)OP(=O)(O)OP(=O)(O)O)(CC(C)C)O2)c(=O)[nH]c1=O. The largest absolute Gasteiger partial charge is 0.490 e. The maximum Gasteiger partial charge on any atom is 0.490 e.